The maximum Gasteiger partial charge on any atom is 0.234 e. The van der Waals surface area contributed by atoms with Crippen molar-refractivity contribution in [3.8, 4) is 5.75 Å². The van der Waals surface area contributed by atoms with E-state index >= 15 is 0 Å². The molecule has 0 unspecified atom stereocenters. The van der Waals surface area contributed by atoms with Gasteiger partial charge in [-0.2, -0.15) is 0 Å². The van der Waals surface area contributed by atoms with E-state index in [1.54, 1.807) is 31.4 Å². The topological polar surface area (TPSA) is 98.1 Å². The van der Waals surface area contributed by atoms with E-state index in [4.69, 9.17) is 4.74 Å². The second-order valence-electron chi connectivity index (χ2n) is 6.62. The molecule has 2 amide bonds. The molecule has 31 heavy (non-hydrogen) atoms. The number of carbonyl (C=O) groups is 2. The number of amides is 2. The SMILES string of the molecule is CCn1c(CCC(=O)Nc2ccc(OC)cc2)nnc1SCC(=O)Nc1ccccc1. The normalized spacial score (nSPS) is 10.5. The Kier molecular flexibility index (Phi) is 8.05. The molecule has 0 spiro atoms. The predicted octanol–water partition coefficient (Wildman–Crippen LogP) is 3.61. The average molecular weight is 440 g/mol. The number of para-hydroxylation sites is 1. The molecule has 0 saturated heterocycles. The molecule has 9 heteroatoms. The summed E-state index contributed by atoms with van der Waals surface area (Å²) in [4.78, 5) is 24.4. The summed E-state index contributed by atoms with van der Waals surface area (Å²) in [6.45, 7) is 2.64. The first kappa shape index (κ1) is 22.4. The van der Waals surface area contributed by atoms with Crippen LogP contribution in [0.3, 0.4) is 0 Å². The third-order valence-corrected chi connectivity index (χ3v) is 5.42. The number of nitrogens with zero attached hydrogens (tertiary/aromatic N) is 3. The minimum Gasteiger partial charge on any atom is -0.497 e. The number of ether oxygens (including phenoxy) is 1. The minimum absolute atomic E-state index is 0.104. The van der Waals surface area contributed by atoms with Gasteiger partial charge in [-0.3, -0.25) is 9.59 Å². The monoisotopic (exact) mass is 439 g/mol. The van der Waals surface area contributed by atoms with Gasteiger partial charge in [0, 0.05) is 30.8 Å². The number of hydrogen-bond donors (Lipinski definition) is 2. The van der Waals surface area contributed by atoms with Crippen LogP contribution >= 0.6 is 11.8 Å². The minimum atomic E-state index is -0.109. The highest BCUT2D eigenvalue weighted by molar-refractivity contribution is 7.99. The van der Waals surface area contributed by atoms with Gasteiger partial charge in [-0.1, -0.05) is 30.0 Å². The summed E-state index contributed by atoms with van der Waals surface area (Å²) in [5, 5.41) is 14.8. The summed E-state index contributed by atoms with van der Waals surface area (Å²) in [5.74, 6) is 1.47. The van der Waals surface area contributed by atoms with Crippen LogP contribution in [0, 0.1) is 0 Å². The summed E-state index contributed by atoms with van der Waals surface area (Å²) in [7, 11) is 1.60. The van der Waals surface area contributed by atoms with E-state index in [0.717, 1.165) is 17.3 Å². The highest BCUT2D eigenvalue weighted by Crippen LogP contribution is 2.19. The number of benzene rings is 2. The van der Waals surface area contributed by atoms with Gasteiger partial charge in [-0.25, -0.2) is 0 Å². The quantitative estimate of drug-likeness (QED) is 0.468. The third kappa shape index (κ3) is 6.58. The molecule has 2 N–H and O–H groups in total. The fraction of sp³-hybridized carbons (Fsp3) is 0.273. The number of thioether (sulfide) groups is 1. The zero-order chi connectivity index (χ0) is 22.1. The summed E-state index contributed by atoms with van der Waals surface area (Å²) in [6, 6.07) is 16.5. The smallest absolute Gasteiger partial charge is 0.234 e. The Labute approximate surface area is 185 Å². The van der Waals surface area contributed by atoms with Gasteiger partial charge in [-0.05, 0) is 43.3 Å². The van der Waals surface area contributed by atoms with E-state index in [9.17, 15) is 9.59 Å². The Hall–Kier alpha value is -3.33. The van der Waals surface area contributed by atoms with Crippen LogP contribution in [0.2, 0.25) is 0 Å². The summed E-state index contributed by atoms with van der Waals surface area (Å²) in [6.07, 6.45) is 0.739. The van der Waals surface area contributed by atoms with Gasteiger partial charge >= 0.3 is 0 Å². The van der Waals surface area contributed by atoms with Crippen molar-refractivity contribution in [3.05, 3.63) is 60.4 Å². The van der Waals surface area contributed by atoms with Crippen LogP contribution < -0.4 is 15.4 Å². The van der Waals surface area contributed by atoms with Crippen LogP contribution in [0.15, 0.2) is 59.8 Å². The van der Waals surface area contributed by atoms with Crippen molar-refractivity contribution >= 4 is 35.0 Å². The molecule has 0 aliphatic rings. The van der Waals surface area contributed by atoms with Crippen molar-refractivity contribution in [1.29, 1.82) is 0 Å². The lowest BCUT2D eigenvalue weighted by atomic mass is 10.2. The van der Waals surface area contributed by atoms with Crippen molar-refractivity contribution in [2.24, 2.45) is 0 Å². The van der Waals surface area contributed by atoms with Crippen molar-refractivity contribution in [2.75, 3.05) is 23.5 Å². The van der Waals surface area contributed by atoms with Gasteiger partial charge in [0.05, 0.1) is 12.9 Å². The van der Waals surface area contributed by atoms with E-state index in [-0.39, 0.29) is 24.0 Å². The number of rotatable bonds is 10. The Morgan fingerprint density at radius 2 is 1.65 bits per heavy atom. The van der Waals surface area contributed by atoms with Crippen LogP contribution in [0.5, 0.6) is 5.75 Å². The average Bonchev–Trinajstić information content (AvgIpc) is 3.19. The van der Waals surface area contributed by atoms with Crippen LogP contribution in [0.25, 0.3) is 0 Å². The fourth-order valence-electron chi connectivity index (χ4n) is 2.90. The number of hydrogen-bond acceptors (Lipinski definition) is 6. The van der Waals surface area contributed by atoms with E-state index in [1.807, 2.05) is 41.8 Å². The number of carbonyl (C=O) groups excluding carboxylic acids is 2. The molecule has 0 atom stereocenters. The number of methoxy groups -OCH3 is 1. The zero-order valence-electron chi connectivity index (χ0n) is 17.5. The van der Waals surface area contributed by atoms with Gasteiger partial charge in [0.1, 0.15) is 11.6 Å². The van der Waals surface area contributed by atoms with Gasteiger partial charge in [0.15, 0.2) is 5.16 Å². The number of nitrogens with one attached hydrogen (secondary N) is 2. The molecule has 0 radical (unpaired) electrons. The van der Waals surface area contributed by atoms with Gasteiger partial charge in [0.2, 0.25) is 11.8 Å². The lowest BCUT2D eigenvalue weighted by Crippen LogP contribution is -2.15. The molecule has 0 fully saturated rings. The molecule has 3 aromatic rings. The molecule has 162 valence electrons. The number of anilines is 2. The molecule has 2 aromatic carbocycles. The first-order chi connectivity index (χ1) is 15.1. The van der Waals surface area contributed by atoms with E-state index in [0.29, 0.717) is 23.8 Å². The Morgan fingerprint density at radius 1 is 0.968 bits per heavy atom. The summed E-state index contributed by atoms with van der Waals surface area (Å²) < 4.78 is 7.05. The molecule has 3 rings (SSSR count). The van der Waals surface area contributed by atoms with Gasteiger partial charge in [-0.15, -0.1) is 10.2 Å². The van der Waals surface area contributed by atoms with Gasteiger partial charge < -0.3 is 19.9 Å². The molecular weight excluding hydrogens is 414 g/mol. The highest BCUT2D eigenvalue weighted by Gasteiger charge is 2.14. The molecule has 8 nitrogen and oxygen atoms in total. The zero-order valence-corrected chi connectivity index (χ0v) is 18.3. The Bertz CT molecular complexity index is 1010. The molecule has 0 saturated carbocycles. The van der Waals surface area contributed by atoms with E-state index in [2.05, 4.69) is 20.8 Å². The van der Waals surface area contributed by atoms with Crippen molar-refractivity contribution < 1.29 is 14.3 Å². The fourth-order valence-corrected chi connectivity index (χ4v) is 3.72. The predicted molar refractivity (Wildman–Crippen MR) is 121 cm³/mol. The summed E-state index contributed by atoms with van der Waals surface area (Å²) in [5.41, 5.74) is 1.47. The second kappa shape index (κ2) is 11.2. The third-order valence-electron chi connectivity index (χ3n) is 4.45. The molecule has 0 aliphatic heterocycles. The molecule has 1 aromatic heterocycles. The van der Waals surface area contributed by atoms with E-state index < -0.39 is 0 Å². The maximum absolute atomic E-state index is 12.3. The van der Waals surface area contributed by atoms with E-state index in [1.165, 1.54) is 11.8 Å². The molecular formula is C22H25N5O3S. The first-order valence-electron chi connectivity index (χ1n) is 9.92. The summed E-state index contributed by atoms with van der Waals surface area (Å²) >= 11 is 1.33. The van der Waals surface area contributed by atoms with Gasteiger partial charge in [0.25, 0.3) is 0 Å². The Morgan fingerprint density at radius 3 is 2.32 bits per heavy atom. The standard InChI is InChI=1S/C22H25N5O3S/c1-3-27-19(13-14-20(28)23-17-9-11-18(30-2)12-10-17)25-26-22(27)31-15-21(29)24-16-7-5-4-6-8-16/h4-12H,3,13-15H2,1-2H3,(H,23,28)(H,24,29). The largest absolute Gasteiger partial charge is 0.497 e. The van der Waals surface area contributed by atoms with Crippen LogP contribution in [0.4, 0.5) is 11.4 Å². The number of aryl methyl sites for hydroxylation is 1. The van der Waals surface area contributed by atoms with Crippen molar-refractivity contribution in [1.82, 2.24) is 14.8 Å². The second-order valence-corrected chi connectivity index (χ2v) is 7.57. The molecule has 0 aliphatic carbocycles. The number of aromatic nitrogens is 3. The lowest BCUT2D eigenvalue weighted by molar-refractivity contribution is -0.116. The lowest BCUT2D eigenvalue weighted by Gasteiger charge is -2.08. The highest BCUT2D eigenvalue weighted by atomic mass is 32.2. The van der Waals surface area contributed by atoms with Crippen LogP contribution in [0.1, 0.15) is 19.2 Å². The Balaban J connectivity index is 1.50. The van der Waals surface area contributed by atoms with Crippen molar-refractivity contribution in [2.45, 2.75) is 31.5 Å². The molecule has 0 bridgehead atoms. The van der Waals surface area contributed by atoms with Crippen molar-refractivity contribution in [3.63, 3.8) is 0 Å². The van der Waals surface area contributed by atoms with Crippen LogP contribution in [-0.2, 0) is 22.6 Å². The van der Waals surface area contributed by atoms with Crippen LogP contribution in [-0.4, -0.2) is 39.4 Å². The molecule has 1 heterocycles. The first-order valence-corrected chi connectivity index (χ1v) is 10.9. The maximum atomic E-state index is 12.3.